The van der Waals surface area contributed by atoms with Crippen molar-refractivity contribution < 1.29 is 0 Å². The first kappa shape index (κ1) is 19.7. The average Bonchev–Trinajstić information content (AvgIpc) is 3.44. The Kier molecular flexibility index (Phi) is 5.79. The molecule has 0 fully saturated rings. The number of hydrogen-bond acceptors (Lipinski definition) is 3. The summed E-state index contributed by atoms with van der Waals surface area (Å²) in [5.74, 6) is 0.770. The second kappa shape index (κ2) is 8.82. The number of pyridine rings is 1. The largest absolute Gasteiger partial charge is 0.356 e. The lowest BCUT2D eigenvalue weighted by molar-refractivity contribution is 0.682. The molecule has 0 saturated heterocycles. The van der Waals surface area contributed by atoms with Gasteiger partial charge in [0.15, 0.2) is 5.96 Å². The molecule has 7 heteroatoms. The van der Waals surface area contributed by atoms with Crippen molar-refractivity contribution in [3.63, 3.8) is 0 Å². The molecule has 0 aliphatic carbocycles. The number of hydrogen-bond donors (Lipinski definition) is 2. The van der Waals surface area contributed by atoms with Gasteiger partial charge in [0.25, 0.3) is 0 Å². The predicted octanol–water partition coefficient (Wildman–Crippen LogP) is 3.30. The van der Waals surface area contributed by atoms with Crippen LogP contribution in [0.2, 0.25) is 0 Å². The third-order valence-corrected chi connectivity index (χ3v) is 5.12. The summed E-state index contributed by atoms with van der Waals surface area (Å²) in [5, 5.41) is 11.2. The molecule has 2 N–H and O–H groups in total. The van der Waals surface area contributed by atoms with Crippen molar-refractivity contribution in [3.8, 4) is 5.69 Å². The van der Waals surface area contributed by atoms with E-state index in [1.807, 2.05) is 41.3 Å². The molecule has 30 heavy (non-hydrogen) atoms. The zero-order valence-electron chi connectivity index (χ0n) is 17.6. The number of imidazole rings is 1. The molecule has 0 radical (unpaired) electrons. The molecule has 0 aliphatic rings. The van der Waals surface area contributed by atoms with Gasteiger partial charge in [-0.15, -0.1) is 0 Å². The number of fused-ring (bicyclic) bond motifs is 1. The summed E-state index contributed by atoms with van der Waals surface area (Å²) in [6.45, 7) is 4.96. The third-order valence-electron chi connectivity index (χ3n) is 5.12. The van der Waals surface area contributed by atoms with Gasteiger partial charge in [-0.3, -0.25) is 4.99 Å². The van der Waals surface area contributed by atoms with E-state index in [0.717, 1.165) is 36.0 Å². The van der Waals surface area contributed by atoms with Crippen molar-refractivity contribution in [1.29, 1.82) is 0 Å². The van der Waals surface area contributed by atoms with Gasteiger partial charge in [0.05, 0.1) is 17.4 Å². The van der Waals surface area contributed by atoms with E-state index in [0.29, 0.717) is 0 Å². The Morgan fingerprint density at radius 2 is 2.07 bits per heavy atom. The van der Waals surface area contributed by atoms with E-state index in [4.69, 9.17) is 4.98 Å². The van der Waals surface area contributed by atoms with E-state index < -0.39 is 0 Å². The van der Waals surface area contributed by atoms with E-state index in [1.165, 1.54) is 11.1 Å². The smallest absolute Gasteiger partial charge is 0.191 e. The Balaban J connectivity index is 1.35. The molecule has 1 atom stereocenters. The number of aryl methyl sites for hydroxylation is 1. The van der Waals surface area contributed by atoms with E-state index in [1.54, 1.807) is 13.2 Å². The van der Waals surface area contributed by atoms with Gasteiger partial charge < -0.3 is 15.0 Å². The minimum Gasteiger partial charge on any atom is -0.356 e. The minimum atomic E-state index is 0.101. The summed E-state index contributed by atoms with van der Waals surface area (Å²) in [5.41, 5.74) is 5.46. The molecular formula is C23H27N7. The molecule has 1 aromatic carbocycles. The molecule has 4 aromatic rings. The summed E-state index contributed by atoms with van der Waals surface area (Å²) in [7, 11) is 1.79. The summed E-state index contributed by atoms with van der Waals surface area (Å²) in [6, 6.07) is 14.5. The van der Waals surface area contributed by atoms with E-state index in [9.17, 15) is 0 Å². The molecule has 0 aliphatic heterocycles. The Hall–Kier alpha value is -3.61. The van der Waals surface area contributed by atoms with Crippen molar-refractivity contribution in [3.05, 3.63) is 84.1 Å². The highest BCUT2D eigenvalue weighted by molar-refractivity contribution is 5.80. The Bertz CT molecular complexity index is 1140. The molecule has 0 bridgehead atoms. The fourth-order valence-electron chi connectivity index (χ4n) is 3.48. The normalized spacial score (nSPS) is 12.8. The summed E-state index contributed by atoms with van der Waals surface area (Å²) in [6.07, 6.45) is 8.67. The molecule has 4 rings (SSSR count). The number of benzene rings is 1. The van der Waals surface area contributed by atoms with Gasteiger partial charge >= 0.3 is 0 Å². The van der Waals surface area contributed by atoms with Gasteiger partial charge in [-0.2, -0.15) is 5.10 Å². The van der Waals surface area contributed by atoms with Crippen LogP contribution < -0.4 is 10.6 Å². The number of guanidine groups is 1. The summed E-state index contributed by atoms with van der Waals surface area (Å²) < 4.78 is 3.94. The molecule has 0 amide bonds. The molecule has 0 spiro atoms. The van der Waals surface area contributed by atoms with Gasteiger partial charge in [0, 0.05) is 44.8 Å². The lowest BCUT2D eigenvalue weighted by Crippen LogP contribution is -2.39. The average molecular weight is 402 g/mol. The fraction of sp³-hybridized carbons (Fsp3) is 0.261. The number of nitrogens with one attached hydrogen (secondary N) is 2. The van der Waals surface area contributed by atoms with Gasteiger partial charge in [-0.05, 0) is 49.2 Å². The maximum atomic E-state index is 4.73. The SMILES string of the molecule is CN=C(NCCc1cn2cccc(C)c2n1)NC(C)c1cccc(-n2cccn2)c1. The van der Waals surface area contributed by atoms with E-state index in [-0.39, 0.29) is 6.04 Å². The highest BCUT2D eigenvalue weighted by atomic mass is 15.3. The quantitative estimate of drug-likeness (QED) is 0.384. The van der Waals surface area contributed by atoms with Crippen LogP contribution in [0.1, 0.15) is 29.8 Å². The Morgan fingerprint density at radius 1 is 1.17 bits per heavy atom. The molecular weight excluding hydrogens is 374 g/mol. The molecule has 3 aromatic heterocycles. The molecule has 0 saturated carbocycles. The van der Waals surface area contributed by atoms with Gasteiger partial charge in [0.2, 0.25) is 0 Å². The van der Waals surface area contributed by atoms with Gasteiger partial charge in [0.1, 0.15) is 5.65 Å². The van der Waals surface area contributed by atoms with Gasteiger partial charge in [-0.1, -0.05) is 18.2 Å². The van der Waals surface area contributed by atoms with Crippen molar-refractivity contribution in [1.82, 2.24) is 29.8 Å². The molecule has 1 unspecified atom stereocenters. The third kappa shape index (κ3) is 4.35. The zero-order chi connectivity index (χ0) is 20.9. The van der Waals surface area contributed by atoms with E-state index in [2.05, 4.69) is 63.4 Å². The number of nitrogens with zero attached hydrogens (tertiary/aromatic N) is 5. The predicted molar refractivity (Wildman–Crippen MR) is 120 cm³/mol. The lowest BCUT2D eigenvalue weighted by atomic mass is 10.1. The van der Waals surface area contributed by atoms with Crippen LogP contribution in [0.4, 0.5) is 0 Å². The van der Waals surface area contributed by atoms with Crippen LogP contribution >= 0.6 is 0 Å². The number of aromatic nitrogens is 4. The summed E-state index contributed by atoms with van der Waals surface area (Å²) in [4.78, 5) is 9.10. The van der Waals surface area contributed by atoms with Crippen molar-refractivity contribution in [2.24, 2.45) is 4.99 Å². The maximum absolute atomic E-state index is 4.73. The standard InChI is InChI=1S/C23H27N7/c1-17-7-5-13-29-16-20(28-22(17)29)10-12-25-23(24-3)27-18(2)19-8-4-9-21(15-19)30-14-6-11-26-30/h4-9,11,13-16,18H,10,12H2,1-3H3,(H2,24,25,27). The van der Waals surface area contributed by atoms with Crippen LogP contribution in [0.15, 0.2) is 72.2 Å². The molecule has 7 nitrogen and oxygen atoms in total. The first-order chi connectivity index (χ1) is 14.6. The van der Waals surface area contributed by atoms with Crippen LogP contribution in [0.5, 0.6) is 0 Å². The van der Waals surface area contributed by atoms with Crippen molar-refractivity contribution in [2.45, 2.75) is 26.3 Å². The summed E-state index contributed by atoms with van der Waals surface area (Å²) >= 11 is 0. The molecule has 154 valence electrons. The Labute approximate surface area is 176 Å². The second-order valence-corrected chi connectivity index (χ2v) is 7.31. The van der Waals surface area contributed by atoms with Crippen molar-refractivity contribution in [2.75, 3.05) is 13.6 Å². The van der Waals surface area contributed by atoms with Crippen LogP contribution in [0, 0.1) is 6.92 Å². The van der Waals surface area contributed by atoms with Crippen LogP contribution in [-0.4, -0.2) is 38.7 Å². The van der Waals surface area contributed by atoms with Crippen LogP contribution in [0.25, 0.3) is 11.3 Å². The maximum Gasteiger partial charge on any atom is 0.191 e. The first-order valence-corrected chi connectivity index (χ1v) is 10.1. The van der Waals surface area contributed by atoms with Crippen LogP contribution in [-0.2, 0) is 6.42 Å². The van der Waals surface area contributed by atoms with Crippen LogP contribution in [0.3, 0.4) is 0 Å². The van der Waals surface area contributed by atoms with E-state index >= 15 is 0 Å². The van der Waals surface area contributed by atoms with Gasteiger partial charge in [-0.25, -0.2) is 9.67 Å². The zero-order valence-corrected chi connectivity index (χ0v) is 17.6. The van der Waals surface area contributed by atoms with Crippen molar-refractivity contribution >= 4 is 11.6 Å². The number of aliphatic imine (C=N–C) groups is 1. The topological polar surface area (TPSA) is 71.5 Å². The first-order valence-electron chi connectivity index (χ1n) is 10.1. The monoisotopic (exact) mass is 401 g/mol. The lowest BCUT2D eigenvalue weighted by Gasteiger charge is -2.19. The number of rotatable bonds is 6. The highest BCUT2D eigenvalue weighted by Gasteiger charge is 2.10. The highest BCUT2D eigenvalue weighted by Crippen LogP contribution is 2.16. The fourth-order valence-corrected chi connectivity index (χ4v) is 3.48. The minimum absolute atomic E-state index is 0.101. The molecule has 3 heterocycles. The second-order valence-electron chi connectivity index (χ2n) is 7.31. The Morgan fingerprint density at radius 3 is 2.83 bits per heavy atom.